The third-order valence-corrected chi connectivity index (χ3v) is 8.35. The van der Waals surface area contributed by atoms with E-state index in [1.54, 1.807) is 6.20 Å². The lowest BCUT2D eigenvalue weighted by Gasteiger charge is -2.52. The lowest BCUT2D eigenvalue weighted by Crippen LogP contribution is -2.64. The fraction of sp³-hybridized carbons (Fsp3) is 0.429. The van der Waals surface area contributed by atoms with Crippen LogP contribution in [0.25, 0.3) is 0 Å². The van der Waals surface area contributed by atoms with Crippen molar-refractivity contribution in [2.45, 2.75) is 24.9 Å². The van der Waals surface area contributed by atoms with Crippen LogP contribution >= 0.6 is 11.3 Å². The molecule has 0 radical (unpaired) electrons. The zero-order valence-electron chi connectivity index (χ0n) is 20.6. The maximum absolute atomic E-state index is 13.7. The number of amides is 1. The van der Waals surface area contributed by atoms with Crippen molar-refractivity contribution in [3.63, 3.8) is 0 Å². The number of hydrogen-bond donors (Lipinski definition) is 0. The van der Waals surface area contributed by atoms with E-state index in [0.29, 0.717) is 11.6 Å². The Hall–Kier alpha value is -2.58. The van der Waals surface area contributed by atoms with Gasteiger partial charge in [0.2, 0.25) is 0 Å². The number of thiazole rings is 1. The second-order valence-electron chi connectivity index (χ2n) is 9.84. The number of carbonyl (C=O) groups is 1. The molecule has 0 N–H and O–H groups in total. The van der Waals surface area contributed by atoms with Crippen molar-refractivity contribution in [1.82, 2.24) is 19.7 Å². The van der Waals surface area contributed by atoms with Gasteiger partial charge in [-0.1, -0.05) is 48.5 Å². The molecular weight excluding hydrogens is 454 g/mol. The molecule has 7 heteroatoms. The Kier molecular flexibility index (Phi) is 7.58. The molecule has 35 heavy (non-hydrogen) atoms. The lowest BCUT2D eigenvalue weighted by molar-refractivity contribution is -0.00375. The van der Waals surface area contributed by atoms with E-state index in [1.807, 2.05) is 40.6 Å². The maximum atomic E-state index is 13.7. The fourth-order valence-corrected chi connectivity index (χ4v) is 6.04. The number of para-hydroxylation sites is 1. The average Bonchev–Trinajstić information content (AvgIpc) is 3.45. The van der Waals surface area contributed by atoms with Gasteiger partial charge in [0.05, 0.1) is 0 Å². The Labute approximate surface area is 212 Å². The SMILES string of the molecule is CN1CCC(CN(C(=O)c2nccs2)c2ccccc2)(N2CCN(Cc3ccccc3)CC2)CC1. The Morgan fingerprint density at radius 2 is 1.60 bits per heavy atom. The fourth-order valence-electron chi connectivity index (χ4n) is 5.46. The van der Waals surface area contributed by atoms with E-state index < -0.39 is 0 Å². The number of anilines is 1. The molecule has 2 aliphatic rings. The molecule has 184 valence electrons. The largest absolute Gasteiger partial charge is 0.306 e. The molecule has 2 fully saturated rings. The Morgan fingerprint density at radius 1 is 0.943 bits per heavy atom. The number of piperidine rings is 1. The van der Waals surface area contributed by atoms with Gasteiger partial charge in [-0.15, -0.1) is 11.3 Å². The van der Waals surface area contributed by atoms with E-state index in [-0.39, 0.29) is 11.4 Å². The highest BCUT2D eigenvalue weighted by Gasteiger charge is 2.43. The van der Waals surface area contributed by atoms with Crippen molar-refractivity contribution in [2.75, 3.05) is 57.8 Å². The molecule has 2 aromatic carbocycles. The summed E-state index contributed by atoms with van der Waals surface area (Å²) >= 11 is 1.42. The van der Waals surface area contributed by atoms with Gasteiger partial charge >= 0.3 is 0 Å². The van der Waals surface area contributed by atoms with Crippen LogP contribution in [0.3, 0.4) is 0 Å². The maximum Gasteiger partial charge on any atom is 0.287 e. The van der Waals surface area contributed by atoms with Crippen molar-refractivity contribution in [2.24, 2.45) is 0 Å². The summed E-state index contributed by atoms with van der Waals surface area (Å²) in [6.45, 7) is 7.98. The number of likely N-dealkylation sites (tertiary alicyclic amines) is 1. The molecular formula is C28H35N5OS. The average molecular weight is 490 g/mol. The zero-order valence-corrected chi connectivity index (χ0v) is 21.4. The number of hydrogen-bond acceptors (Lipinski definition) is 6. The van der Waals surface area contributed by atoms with E-state index in [2.05, 4.69) is 57.1 Å². The quantitative estimate of drug-likeness (QED) is 0.501. The summed E-state index contributed by atoms with van der Waals surface area (Å²) < 4.78 is 0. The predicted molar refractivity (Wildman–Crippen MR) is 143 cm³/mol. The summed E-state index contributed by atoms with van der Waals surface area (Å²) in [5, 5.41) is 2.44. The molecule has 0 unspecified atom stereocenters. The van der Waals surface area contributed by atoms with Crippen LogP contribution in [0.15, 0.2) is 72.2 Å². The van der Waals surface area contributed by atoms with Gasteiger partial charge in [0, 0.05) is 62.1 Å². The molecule has 3 aromatic rings. The van der Waals surface area contributed by atoms with Gasteiger partial charge in [-0.2, -0.15) is 0 Å². The summed E-state index contributed by atoms with van der Waals surface area (Å²) in [7, 11) is 2.21. The van der Waals surface area contributed by atoms with Gasteiger partial charge in [0.15, 0.2) is 5.01 Å². The monoisotopic (exact) mass is 489 g/mol. The molecule has 0 saturated carbocycles. The van der Waals surface area contributed by atoms with Crippen LogP contribution in [0.5, 0.6) is 0 Å². The van der Waals surface area contributed by atoms with Crippen LogP contribution in [0.4, 0.5) is 5.69 Å². The van der Waals surface area contributed by atoms with Gasteiger partial charge in [-0.3, -0.25) is 14.6 Å². The minimum absolute atomic E-state index is 0.00668. The minimum Gasteiger partial charge on any atom is -0.306 e. The molecule has 0 atom stereocenters. The van der Waals surface area contributed by atoms with Crippen molar-refractivity contribution in [3.8, 4) is 0 Å². The molecule has 0 spiro atoms. The van der Waals surface area contributed by atoms with E-state index in [4.69, 9.17) is 0 Å². The standard InChI is InChI=1S/C28H35N5OS/c1-30-15-12-28(13-16-30,32-19-17-31(18-20-32)22-24-8-4-2-5-9-24)23-33(25-10-6-3-7-11-25)27(34)26-29-14-21-35-26/h2-11,14,21H,12-13,15-20,22-23H2,1H3. The van der Waals surface area contributed by atoms with Crippen molar-refractivity contribution in [3.05, 3.63) is 82.8 Å². The number of piperazine rings is 1. The molecule has 2 saturated heterocycles. The first-order valence-electron chi connectivity index (χ1n) is 12.6. The third-order valence-electron chi connectivity index (χ3n) is 7.59. The molecule has 1 amide bonds. The van der Waals surface area contributed by atoms with Crippen LogP contribution in [-0.4, -0.2) is 84.0 Å². The molecule has 2 aliphatic heterocycles. The van der Waals surface area contributed by atoms with E-state index in [9.17, 15) is 4.79 Å². The van der Waals surface area contributed by atoms with Crippen molar-refractivity contribution in [1.29, 1.82) is 0 Å². The Bertz CT molecular complexity index is 1060. The second-order valence-corrected chi connectivity index (χ2v) is 10.7. The topological polar surface area (TPSA) is 42.9 Å². The first-order valence-corrected chi connectivity index (χ1v) is 13.5. The molecule has 0 bridgehead atoms. The first kappa shape index (κ1) is 24.1. The second kappa shape index (κ2) is 11.0. The van der Waals surface area contributed by atoms with E-state index >= 15 is 0 Å². The van der Waals surface area contributed by atoms with Crippen LogP contribution in [0.2, 0.25) is 0 Å². The van der Waals surface area contributed by atoms with Crippen molar-refractivity contribution >= 4 is 22.9 Å². The minimum atomic E-state index is -0.0336. The van der Waals surface area contributed by atoms with Crippen LogP contribution in [-0.2, 0) is 6.54 Å². The molecule has 3 heterocycles. The van der Waals surface area contributed by atoms with Gasteiger partial charge in [-0.05, 0) is 50.7 Å². The summed E-state index contributed by atoms with van der Waals surface area (Å²) in [5.74, 6) is 0.00668. The molecule has 5 rings (SSSR count). The van der Waals surface area contributed by atoms with Crippen molar-refractivity contribution < 1.29 is 4.79 Å². The molecule has 6 nitrogen and oxygen atoms in total. The van der Waals surface area contributed by atoms with Gasteiger partial charge in [-0.25, -0.2) is 4.98 Å². The highest BCUT2D eigenvalue weighted by molar-refractivity contribution is 7.11. The highest BCUT2D eigenvalue weighted by Crippen LogP contribution is 2.33. The smallest absolute Gasteiger partial charge is 0.287 e. The Balaban J connectivity index is 1.36. The first-order chi connectivity index (χ1) is 17.1. The van der Waals surface area contributed by atoms with Crippen LogP contribution in [0, 0.1) is 0 Å². The zero-order chi connectivity index (χ0) is 24.1. The summed E-state index contributed by atoms with van der Waals surface area (Å²) in [4.78, 5) is 27.7. The summed E-state index contributed by atoms with van der Waals surface area (Å²) in [6, 6.07) is 20.9. The van der Waals surface area contributed by atoms with E-state index in [1.165, 1.54) is 16.9 Å². The summed E-state index contributed by atoms with van der Waals surface area (Å²) in [6.07, 6.45) is 3.85. The van der Waals surface area contributed by atoms with Gasteiger partial charge < -0.3 is 9.80 Å². The third kappa shape index (κ3) is 5.64. The number of nitrogens with zero attached hydrogens (tertiary/aromatic N) is 5. The predicted octanol–water partition coefficient (Wildman–Crippen LogP) is 4.07. The molecule has 0 aliphatic carbocycles. The summed E-state index contributed by atoms with van der Waals surface area (Å²) in [5.41, 5.74) is 2.29. The normalized spacial score (nSPS) is 19.5. The highest BCUT2D eigenvalue weighted by atomic mass is 32.1. The van der Waals surface area contributed by atoms with Gasteiger partial charge in [0.25, 0.3) is 5.91 Å². The van der Waals surface area contributed by atoms with Gasteiger partial charge in [0.1, 0.15) is 0 Å². The Morgan fingerprint density at radius 3 is 2.23 bits per heavy atom. The number of rotatable bonds is 7. The van der Waals surface area contributed by atoms with Crippen LogP contribution in [0.1, 0.15) is 28.2 Å². The number of aromatic nitrogens is 1. The lowest BCUT2D eigenvalue weighted by atomic mass is 9.84. The van der Waals surface area contributed by atoms with Crippen LogP contribution < -0.4 is 4.90 Å². The number of carbonyl (C=O) groups excluding carboxylic acids is 1. The molecule has 1 aromatic heterocycles. The van der Waals surface area contributed by atoms with E-state index in [0.717, 1.165) is 64.3 Å². The number of benzene rings is 2.